The number of rotatable bonds is 1. The van der Waals surface area contributed by atoms with E-state index in [2.05, 4.69) is 27.6 Å². The molecule has 0 N–H and O–H groups in total. The highest BCUT2D eigenvalue weighted by Gasteiger charge is 2.41. The van der Waals surface area contributed by atoms with Gasteiger partial charge in [0.15, 0.2) is 0 Å². The van der Waals surface area contributed by atoms with Gasteiger partial charge in [-0.3, -0.25) is 0 Å². The molecule has 0 saturated heterocycles. The molecule has 1 aromatic heterocycles. The molecule has 0 bridgehead atoms. The van der Waals surface area contributed by atoms with Gasteiger partial charge in [-0.25, -0.2) is 4.98 Å². The normalized spacial score (nSPS) is 16.7. The molecule has 2 aromatic rings. The van der Waals surface area contributed by atoms with E-state index in [1.807, 2.05) is 6.07 Å². The van der Waals surface area contributed by atoms with E-state index in [0.717, 1.165) is 16.4 Å². The van der Waals surface area contributed by atoms with Crippen molar-refractivity contribution in [2.45, 2.75) is 25.1 Å². The lowest BCUT2D eigenvalue weighted by atomic mass is 10.3. The second-order valence-electron chi connectivity index (χ2n) is 4.17. The Kier molecular flexibility index (Phi) is 2.39. The lowest BCUT2D eigenvalue weighted by Gasteiger charge is -2.09. The van der Waals surface area contributed by atoms with Crippen molar-refractivity contribution in [1.29, 1.82) is 0 Å². The van der Waals surface area contributed by atoms with E-state index in [1.54, 1.807) is 12.1 Å². The second kappa shape index (κ2) is 3.60. The Morgan fingerprint density at radius 2 is 2.00 bits per heavy atom. The molecule has 1 saturated carbocycles. The number of fused-ring (bicyclic) bond motifs is 1. The average molecular weight is 352 g/mol. The SMILES string of the molecule is FC(F)(F)c1nc2cc(I)ccc2n1C1CC1. The van der Waals surface area contributed by atoms with Gasteiger partial charge in [0, 0.05) is 9.61 Å². The molecule has 0 atom stereocenters. The van der Waals surface area contributed by atoms with Crippen molar-refractivity contribution in [3.63, 3.8) is 0 Å². The molecular weight excluding hydrogens is 344 g/mol. The summed E-state index contributed by atoms with van der Waals surface area (Å²) in [6, 6.07) is 5.18. The first-order valence-electron chi connectivity index (χ1n) is 5.21. The van der Waals surface area contributed by atoms with E-state index >= 15 is 0 Å². The summed E-state index contributed by atoms with van der Waals surface area (Å²) in [4.78, 5) is 3.74. The van der Waals surface area contributed by atoms with E-state index in [9.17, 15) is 13.2 Å². The molecule has 1 fully saturated rings. The molecule has 1 aliphatic rings. The molecule has 0 amide bonds. The summed E-state index contributed by atoms with van der Waals surface area (Å²) < 4.78 is 40.9. The Balaban J connectivity index is 2.30. The molecule has 1 heterocycles. The van der Waals surface area contributed by atoms with Crippen LogP contribution in [0.4, 0.5) is 13.2 Å². The minimum Gasteiger partial charge on any atom is -0.317 e. The van der Waals surface area contributed by atoms with Crippen LogP contribution in [-0.4, -0.2) is 9.55 Å². The van der Waals surface area contributed by atoms with Crippen LogP contribution in [0.3, 0.4) is 0 Å². The lowest BCUT2D eigenvalue weighted by molar-refractivity contribution is -0.147. The standard InChI is InChI=1S/C11H8F3IN2/c12-11(13,14)10-16-8-5-6(15)1-4-9(8)17(10)7-2-3-7/h1,4-5,7H,2-3H2. The highest BCUT2D eigenvalue weighted by Crippen LogP contribution is 2.42. The largest absolute Gasteiger partial charge is 0.449 e. The van der Waals surface area contributed by atoms with Crippen molar-refractivity contribution in [3.05, 3.63) is 27.6 Å². The maximum absolute atomic E-state index is 12.9. The van der Waals surface area contributed by atoms with Crippen molar-refractivity contribution in [2.75, 3.05) is 0 Å². The fraction of sp³-hybridized carbons (Fsp3) is 0.364. The molecule has 90 valence electrons. The first-order valence-corrected chi connectivity index (χ1v) is 6.29. The summed E-state index contributed by atoms with van der Waals surface area (Å²) in [5.41, 5.74) is 1.01. The van der Waals surface area contributed by atoms with Crippen molar-refractivity contribution in [2.24, 2.45) is 0 Å². The summed E-state index contributed by atoms with van der Waals surface area (Å²) in [7, 11) is 0. The molecule has 3 rings (SSSR count). The molecule has 6 heteroatoms. The van der Waals surface area contributed by atoms with Crippen molar-refractivity contribution in [1.82, 2.24) is 9.55 Å². The van der Waals surface area contributed by atoms with Crippen LogP contribution in [0.5, 0.6) is 0 Å². The Hall–Kier alpha value is -0.790. The predicted octanol–water partition coefficient (Wildman–Crippen LogP) is 3.99. The Morgan fingerprint density at radius 1 is 1.29 bits per heavy atom. The van der Waals surface area contributed by atoms with Gasteiger partial charge in [0.1, 0.15) is 0 Å². The summed E-state index contributed by atoms with van der Waals surface area (Å²) >= 11 is 2.07. The van der Waals surface area contributed by atoms with Crippen LogP contribution in [0, 0.1) is 3.57 Å². The zero-order chi connectivity index (χ0) is 12.2. The second-order valence-corrected chi connectivity index (χ2v) is 5.41. The smallest absolute Gasteiger partial charge is 0.317 e. The first-order chi connectivity index (χ1) is 7.97. The third-order valence-electron chi connectivity index (χ3n) is 2.82. The highest BCUT2D eigenvalue weighted by molar-refractivity contribution is 14.1. The number of aromatic nitrogens is 2. The van der Waals surface area contributed by atoms with E-state index < -0.39 is 12.0 Å². The molecule has 1 aliphatic carbocycles. The Bertz CT molecular complexity index is 584. The number of halogens is 4. The molecule has 1 aromatic carbocycles. The van der Waals surface area contributed by atoms with Gasteiger partial charge >= 0.3 is 6.18 Å². The number of nitrogens with zero attached hydrogens (tertiary/aromatic N) is 2. The van der Waals surface area contributed by atoms with Crippen LogP contribution in [0.1, 0.15) is 24.7 Å². The molecule has 17 heavy (non-hydrogen) atoms. The van der Waals surface area contributed by atoms with Crippen LogP contribution in [0.2, 0.25) is 0 Å². The fourth-order valence-corrected chi connectivity index (χ4v) is 2.45. The number of hydrogen-bond acceptors (Lipinski definition) is 1. The maximum Gasteiger partial charge on any atom is 0.449 e. The molecule has 0 radical (unpaired) electrons. The Labute approximate surface area is 109 Å². The van der Waals surface area contributed by atoms with Crippen LogP contribution in [-0.2, 0) is 6.18 Å². The minimum atomic E-state index is -4.38. The average Bonchev–Trinajstić information content (AvgIpc) is 2.97. The third-order valence-corrected chi connectivity index (χ3v) is 3.49. The zero-order valence-corrected chi connectivity index (χ0v) is 10.8. The molecule has 0 aliphatic heterocycles. The lowest BCUT2D eigenvalue weighted by Crippen LogP contribution is -2.14. The first kappa shape index (κ1) is 11.3. The zero-order valence-electron chi connectivity index (χ0n) is 8.63. The number of alkyl halides is 3. The quantitative estimate of drug-likeness (QED) is 0.710. The van der Waals surface area contributed by atoms with Crippen LogP contribution >= 0.6 is 22.6 Å². The molecule has 0 unspecified atom stereocenters. The number of imidazole rings is 1. The van der Waals surface area contributed by atoms with E-state index in [0.29, 0.717) is 11.0 Å². The Morgan fingerprint density at radius 3 is 2.59 bits per heavy atom. The van der Waals surface area contributed by atoms with E-state index in [4.69, 9.17) is 0 Å². The summed E-state index contributed by atoms with van der Waals surface area (Å²) in [5, 5.41) is 0. The summed E-state index contributed by atoms with van der Waals surface area (Å²) in [6.07, 6.45) is -2.77. The van der Waals surface area contributed by atoms with Crippen LogP contribution in [0.15, 0.2) is 18.2 Å². The number of benzene rings is 1. The van der Waals surface area contributed by atoms with E-state index in [-0.39, 0.29) is 6.04 Å². The van der Waals surface area contributed by atoms with E-state index in [1.165, 1.54) is 4.57 Å². The molecular formula is C11H8F3IN2. The predicted molar refractivity (Wildman–Crippen MR) is 65.7 cm³/mol. The van der Waals surface area contributed by atoms with Crippen molar-refractivity contribution in [3.8, 4) is 0 Å². The van der Waals surface area contributed by atoms with Gasteiger partial charge in [-0.2, -0.15) is 13.2 Å². The third kappa shape index (κ3) is 1.92. The fourth-order valence-electron chi connectivity index (χ4n) is 1.97. The van der Waals surface area contributed by atoms with Gasteiger partial charge in [0.05, 0.1) is 11.0 Å². The highest BCUT2D eigenvalue weighted by atomic mass is 127. The van der Waals surface area contributed by atoms with Gasteiger partial charge in [0.2, 0.25) is 5.82 Å². The maximum atomic E-state index is 12.9. The number of hydrogen-bond donors (Lipinski definition) is 0. The monoisotopic (exact) mass is 352 g/mol. The summed E-state index contributed by atoms with van der Waals surface area (Å²) in [6.45, 7) is 0. The van der Waals surface area contributed by atoms with Gasteiger partial charge in [0.25, 0.3) is 0 Å². The molecule has 0 spiro atoms. The van der Waals surface area contributed by atoms with Crippen molar-refractivity contribution < 1.29 is 13.2 Å². The topological polar surface area (TPSA) is 17.8 Å². The van der Waals surface area contributed by atoms with Gasteiger partial charge in [-0.15, -0.1) is 0 Å². The van der Waals surface area contributed by atoms with Crippen LogP contribution < -0.4 is 0 Å². The van der Waals surface area contributed by atoms with Gasteiger partial charge in [-0.1, -0.05) is 0 Å². The van der Waals surface area contributed by atoms with Gasteiger partial charge in [-0.05, 0) is 53.6 Å². The summed E-state index contributed by atoms with van der Waals surface area (Å²) in [5.74, 6) is -0.767. The van der Waals surface area contributed by atoms with Gasteiger partial charge < -0.3 is 4.57 Å². The minimum absolute atomic E-state index is 0.0308. The van der Waals surface area contributed by atoms with Crippen molar-refractivity contribution >= 4 is 33.6 Å². The molecule has 2 nitrogen and oxygen atoms in total. The van der Waals surface area contributed by atoms with Crippen LogP contribution in [0.25, 0.3) is 11.0 Å².